The first-order valence-electron chi connectivity index (χ1n) is 9.44. The summed E-state index contributed by atoms with van der Waals surface area (Å²) < 4.78 is 33.1. The molecule has 0 spiro atoms. The lowest BCUT2D eigenvalue weighted by molar-refractivity contribution is -0.385. The lowest BCUT2D eigenvalue weighted by atomic mass is 10.1. The zero-order chi connectivity index (χ0) is 23.2. The highest BCUT2D eigenvalue weighted by atomic mass is 35.5. The first-order valence-corrected chi connectivity index (χ1v) is 11.3. The van der Waals surface area contributed by atoms with Crippen LogP contribution in [-0.4, -0.2) is 39.4 Å². The third-order valence-corrected chi connectivity index (χ3v) is 6.62. The number of hydrogen-bond acceptors (Lipinski definition) is 6. The van der Waals surface area contributed by atoms with E-state index in [1.807, 2.05) is 13.8 Å². The van der Waals surface area contributed by atoms with Gasteiger partial charge in [-0.3, -0.25) is 19.2 Å². The second-order valence-corrected chi connectivity index (χ2v) is 9.33. The predicted octanol–water partition coefficient (Wildman–Crippen LogP) is 3.61. The van der Waals surface area contributed by atoms with Crippen LogP contribution >= 0.6 is 11.6 Å². The van der Waals surface area contributed by atoms with Crippen molar-refractivity contribution in [3.05, 3.63) is 57.6 Å². The van der Waals surface area contributed by atoms with Gasteiger partial charge in [-0.15, -0.1) is 0 Å². The van der Waals surface area contributed by atoms with Crippen LogP contribution in [0.4, 0.5) is 11.4 Å². The molecule has 31 heavy (non-hydrogen) atoms. The number of carbonyl (C=O) groups excluding carboxylic acids is 1. The van der Waals surface area contributed by atoms with Gasteiger partial charge in [-0.1, -0.05) is 37.6 Å². The maximum absolute atomic E-state index is 13.5. The largest absolute Gasteiger partial charge is 0.495 e. The molecule has 0 fully saturated rings. The second kappa shape index (κ2) is 10.5. The number of benzene rings is 2. The first-order chi connectivity index (χ1) is 14.6. The minimum Gasteiger partial charge on any atom is -0.495 e. The van der Waals surface area contributed by atoms with Crippen LogP contribution in [0.15, 0.2) is 47.4 Å². The third kappa shape index (κ3) is 6.08. The molecule has 0 unspecified atom stereocenters. The molecule has 0 saturated heterocycles. The van der Waals surface area contributed by atoms with Crippen molar-refractivity contribution in [1.82, 2.24) is 5.32 Å². The molecule has 0 saturated carbocycles. The fourth-order valence-electron chi connectivity index (χ4n) is 2.74. The van der Waals surface area contributed by atoms with Gasteiger partial charge in [-0.2, -0.15) is 0 Å². The standard InChI is InChI=1S/C20H24ClN3O6S/c1-14(2)10-11-22-20(25)13-23(17-6-4-5-7-18(17)30-3)31(28,29)19-12-15(24(26)27)8-9-16(19)21/h4-9,12,14H,10-11,13H2,1-3H3,(H,22,25). The fourth-order valence-corrected chi connectivity index (χ4v) is 4.67. The van der Waals surface area contributed by atoms with Crippen molar-refractivity contribution in [2.24, 2.45) is 5.92 Å². The number of rotatable bonds is 10. The lowest BCUT2D eigenvalue weighted by Crippen LogP contribution is -2.41. The molecule has 0 heterocycles. The molecule has 0 aliphatic rings. The Hall–Kier alpha value is -2.85. The van der Waals surface area contributed by atoms with E-state index in [1.54, 1.807) is 18.2 Å². The Morgan fingerprint density at radius 3 is 2.55 bits per heavy atom. The van der Waals surface area contributed by atoms with Crippen LogP contribution in [0.2, 0.25) is 5.02 Å². The molecule has 2 aromatic rings. The number of non-ortho nitro benzene ring substituents is 1. The number of methoxy groups -OCH3 is 1. The number of para-hydroxylation sites is 2. The molecule has 11 heteroatoms. The molecule has 0 atom stereocenters. The van der Waals surface area contributed by atoms with Gasteiger partial charge in [0.05, 0.1) is 22.7 Å². The highest BCUT2D eigenvalue weighted by molar-refractivity contribution is 7.93. The summed E-state index contributed by atoms with van der Waals surface area (Å²) in [6, 6.07) is 9.37. The number of anilines is 1. The number of amides is 1. The number of nitro benzene ring substituents is 1. The third-order valence-electron chi connectivity index (χ3n) is 4.38. The quantitative estimate of drug-likeness (QED) is 0.419. The highest BCUT2D eigenvalue weighted by Crippen LogP contribution is 2.35. The van der Waals surface area contributed by atoms with Crippen LogP contribution < -0.4 is 14.4 Å². The number of hydrogen-bond donors (Lipinski definition) is 1. The smallest absolute Gasteiger partial charge is 0.270 e. The van der Waals surface area contributed by atoms with Gasteiger partial charge >= 0.3 is 0 Å². The topological polar surface area (TPSA) is 119 Å². The monoisotopic (exact) mass is 469 g/mol. The van der Waals surface area contributed by atoms with Crippen molar-refractivity contribution in [2.45, 2.75) is 25.2 Å². The van der Waals surface area contributed by atoms with Crippen molar-refractivity contribution in [3.8, 4) is 5.75 Å². The molecule has 1 amide bonds. The number of nitrogens with one attached hydrogen (secondary N) is 1. The van der Waals surface area contributed by atoms with Gasteiger partial charge in [0.25, 0.3) is 15.7 Å². The van der Waals surface area contributed by atoms with Crippen LogP contribution in [0, 0.1) is 16.0 Å². The minimum atomic E-state index is -4.45. The summed E-state index contributed by atoms with van der Waals surface area (Å²) in [5.41, 5.74) is -0.337. The summed E-state index contributed by atoms with van der Waals surface area (Å²) in [5.74, 6) is 0.0392. The van der Waals surface area contributed by atoms with Crippen LogP contribution in [0.1, 0.15) is 20.3 Å². The van der Waals surface area contributed by atoms with E-state index in [0.29, 0.717) is 12.5 Å². The molecule has 0 radical (unpaired) electrons. The Kier molecular flexibility index (Phi) is 8.23. The van der Waals surface area contributed by atoms with E-state index in [4.69, 9.17) is 16.3 Å². The molecular weight excluding hydrogens is 446 g/mol. The average Bonchev–Trinajstić information content (AvgIpc) is 2.71. The van der Waals surface area contributed by atoms with Crippen molar-refractivity contribution >= 4 is 38.9 Å². The maximum atomic E-state index is 13.5. The summed E-state index contributed by atoms with van der Waals surface area (Å²) in [4.78, 5) is 22.5. The number of ether oxygens (including phenoxy) is 1. The van der Waals surface area contributed by atoms with E-state index in [2.05, 4.69) is 5.32 Å². The molecule has 168 valence electrons. The predicted molar refractivity (Wildman–Crippen MR) is 118 cm³/mol. The number of nitro groups is 1. The van der Waals surface area contributed by atoms with Gasteiger partial charge in [0, 0.05) is 18.7 Å². The van der Waals surface area contributed by atoms with Gasteiger partial charge in [0.1, 0.15) is 17.2 Å². The Labute approximate surface area is 186 Å². The van der Waals surface area contributed by atoms with Crippen LogP contribution in [-0.2, 0) is 14.8 Å². The van der Waals surface area contributed by atoms with Gasteiger partial charge in [0.15, 0.2) is 0 Å². The van der Waals surface area contributed by atoms with Crippen molar-refractivity contribution in [2.75, 3.05) is 24.5 Å². The molecular formula is C20H24ClN3O6S. The van der Waals surface area contributed by atoms with E-state index < -0.39 is 38.0 Å². The van der Waals surface area contributed by atoms with Crippen molar-refractivity contribution in [3.63, 3.8) is 0 Å². The van der Waals surface area contributed by atoms with E-state index in [1.165, 1.54) is 13.2 Å². The summed E-state index contributed by atoms with van der Waals surface area (Å²) in [6.45, 7) is 3.83. The van der Waals surface area contributed by atoms with E-state index in [-0.39, 0.29) is 16.5 Å². The molecule has 2 rings (SSSR count). The van der Waals surface area contributed by atoms with Crippen LogP contribution in [0.3, 0.4) is 0 Å². The Morgan fingerprint density at radius 1 is 1.26 bits per heavy atom. The number of nitrogens with zero attached hydrogens (tertiary/aromatic N) is 2. The SMILES string of the molecule is COc1ccccc1N(CC(=O)NCCC(C)C)S(=O)(=O)c1cc([N+](=O)[O-])ccc1Cl. The Morgan fingerprint density at radius 2 is 1.94 bits per heavy atom. The van der Waals surface area contributed by atoms with Crippen LogP contribution in [0.25, 0.3) is 0 Å². The Balaban J connectivity index is 2.53. The number of halogens is 1. The summed E-state index contributed by atoms with van der Waals surface area (Å²) >= 11 is 6.09. The molecule has 0 aliphatic heterocycles. The second-order valence-electron chi connectivity index (χ2n) is 7.09. The summed E-state index contributed by atoms with van der Waals surface area (Å²) in [7, 11) is -3.09. The van der Waals surface area contributed by atoms with E-state index in [0.717, 1.165) is 28.9 Å². The molecule has 0 bridgehead atoms. The van der Waals surface area contributed by atoms with E-state index in [9.17, 15) is 23.3 Å². The molecule has 2 aromatic carbocycles. The van der Waals surface area contributed by atoms with Crippen molar-refractivity contribution < 1.29 is 22.9 Å². The lowest BCUT2D eigenvalue weighted by Gasteiger charge is -2.26. The fraction of sp³-hybridized carbons (Fsp3) is 0.350. The van der Waals surface area contributed by atoms with Crippen molar-refractivity contribution in [1.29, 1.82) is 0 Å². The molecule has 9 nitrogen and oxygen atoms in total. The molecule has 1 N–H and O–H groups in total. The number of carbonyl (C=O) groups is 1. The highest BCUT2D eigenvalue weighted by Gasteiger charge is 2.32. The number of sulfonamides is 1. The maximum Gasteiger partial charge on any atom is 0.270 e. The van der Waals surface area contributed by atoms with Gasteiger partial charge in [-0.25, -0.2) is 8.42 Å². The average molecular weight is 470 g/mol. The zero-order valence-corrected chi connectivity index (χ0v) is 18.9. The zero-order valence-electron chi connectivity index (χ0n) is 17.4. The Bertz CT molecular complexity index is 1060. The van der Waals surface area contributed by atoms with E-state index >= 15 is 0 Å². The minimum absolute atomic E-state index is 0.103. The van der Waals surface area contributed by atoms with Crippen LogP contribution in [0.5, 0.6) is 5.75 Å². The molecule has 0 aliphatic carbocycles. The van der Waals surface area contributed by atoms with Gasteiger partial charge < -0.3 is 10.1 Å². The first kappa shape index (κ1) is 24.4. The molecule has 0 aromatic heterocycles. The summed E-state index contributed by atoms with van der Waals surface area (Å²) in [6.07, 6.45) is 0.726. The van der Waals surface area contributed by atoms with Gasteiger partial charge in [-0.05, 0) is 30.5 Å². The summed E-state index contributed by atoms with van der Waals surface area (Å²) in [5, 5.41) is 13.6. The normalized spacial score (nSPS) is 11.3. The van der Waals surface area contributed by atoms with Gasteiger partial charge in [0.2, 0.25) is 5.91 Å².